The van der Waals surface area contributed by atoms with Crippen molar-refractivity contribution >= 4 is 0 Å². The molecule has 1 rings (SSSR count). The number of benzene rings is 1. The number of unbranched alkanes of at least 4 members (excludes halogenated alkanes) is 2. The van der Waals surface area contributed by atoms with E-state index in [4.69, 9.17) is 9.47 Å². The fourth-order valence-electron chi connectivity index (χ4n) is 1.64. The zero-order valence-corrected chi connectivity index (χ0v) is 12.3. The lowest BCUT2D eigenvalue weighted by Crippen LogP contribution is -2.11. The van der Waals surface area contributed by atoms with Gasteiger partial charge in [0.2, 0.25) is 0 Å². The number of rotatable bonds is 9. The highest BCUT2D eigenvalue weighted by Gasteiger charge is 1.99. The van der Waals surface area contributed by atoms with Gasteiger partial charge in [0.05, 0.1) is 20.3 Å². The Morgan fingerprint density at radius 1 is 1.30 bits per heavy atom. The molecule has 1 atom stereocenters. The highest BCUT2D eigenvalue weighted by molar-refractivity contribution is 5.26. The minimum absolute atomic E-state index is 0.278. The van der Waals surface area contributed by atoms with Gasteiger partial charge in [-0.2, -0.15) is 0 Å². The SMILES string of the molecule is CCCCC=C=C[C@@H](O)COCc1ccc(OC)cc1. The first-order valence-electron chi connectivity index (χ1n) is 7.06. The van der Waals surface area contributed by atoms with Crippen LogP contribution >= 0.6 is 0 Å². The average molecular weight is 276 g/mol. The standard InChI is InChI=1S/C17H24O3/c1-3-4-5-6-7-8-16(18)14-20-13-15-9-11-17(19-2)12-10-15/h6,8-12,16,18H,3-5,13-14H2,1-2H3/t7?,16-/m1/s1. The van der Waals surface area contributed by atoms with E-state index in [9.17, 15) is 5.11 Å². The van der Waals surface area contributed by atoms with Crippen molar-refractivity contribution in [1.29, 1.82) is 0 Å². The Bertz CT molecular complexity index is 416. The van der Waals surface area contributed by atoms with Crippen molar-refractivity contribution in [3.63, 3.8) is 0 Å². The van der Waals surface area contributed by atoms with Crippen molar-refractivity contribution in [2.45, 2.75) is 38.9 Å². The Balaban J connectivity index is 2.23. The number of aliphatic hydroxyl groups excluding tert-OH is 1. The van der Waals surface area contributed by atoms with E-state index in [0.717, 1.165) is 24.2 Å². The van der Waals surface area contributed by atoms with Crippen LogP contribution in [0.25, 0.3) is 0 Å². The molecule has 0 aliphatic carbocycles. The highest BCUT2D eigenvalue weighted by atomic mass is 16.5. The van der Waals surface area contributed by atoms with Gasteiger partial charge >= 0.3 is 0 Å². The maximum Gasteiger partial charge on any atom is 0.118 e. The Kier molecular flexibility index (Phi) is 8.48. The van der Waals surface area contributed by atoms with Crippen LogP contribution in [-0.4, -0.2) is 24.9 Å². The van der Waals surface area contributed by atoms with Gasteiger partial charge in [-0.1, -0.05) is 25.5 Å². The summed E-state index contributed by atoms with van der Waals surface area (Å²) in [7, 11) is 1.64. The Hall–Kier alpha value is -1.54. The molecule has 3 heteroatoms. The second-order valence-corrected chi connectivity index (χ2v) is 4.61. The summed E-state index contributed by atoms with van der Waals surface area (Å²) < 4.78 is 10.5. The molecule has 0 radical (unpaired) electrons. The average Bonchev–Trinajstić information content (AvgIpc) is 2.48. The smallest absolute Gasteiger partial charge is 0.118 e. The van der Waals surface area contributed by atoms with Gasteiger partial charge in [-0.05, 0) is 42.7 Å². The molecule has 0 aliphatic heterocycles. The lowest BCUT2D eigenvalue weighted by molar-refractivity contribution is 0.0504. The van der Waals surface area contributed by atoms with E-state index in [1.165, 1.54) is 6.42 Å². The van der Waals surface area contributed by atoms with E-state index in [0.29, 0.717) is 6.61 Å². The summed E-state index contributed by atoms with van der Waals surface area (Å²) in [5.74, 6) is 0.828. The fraction of sp³-hybridized carbons (Fsp3) is 0.471. The molecule has 0 bridgehead atoms. The molecule has 0 saturated carbocycles. The molecule has 0 spiro atoms. The Morgan fingerprint density at radius 2 is 2.05 bits per heavy atom. The van der Waals surface area contributed by atoms with E-state index in [-0.39, 0.29) is 6.61 Å². The molecule has 1 aromatic carbocycles. The molecule has 110 valence electrons. The minimum atomic E-state index is -0.605. The molecule has 0 unspecified atom stereocenters. The first-order chi connectivity index (χ1) is 9.76. The lowest BCUT2D eigenvalue weighted by Gasteiger charge is -2.07. The largest absolute Gasteiger partial charge is 0.497 e. The number of ether oxygens (including phenoxy) is 2. The molecular formula is C17H24O3. The summed E-state index contributed by atoms with van der Waals surface area (Å²) in [6.45, 7) is 2.91. The van der Waals surface area contributed by atoms with Crippen LogP contribution in [0.3, 0.4) is 0 Å². The van der Waals surface area contributed by atoms with Crippen LogP contribution in [0, 0.1) is 0 Å². The summed E-state index contributed by atoms with van der Waals surface area (Å²) in [5, 5.41) is 9.68. The molecular weight excluding hydrogens is 252 g/mol. The topological polar surface area (TPSA) is 38.7 Å². The van der Waals surface area contributed by atoms with Gasteiger partial charge in [-0.3, -0.25) is 0 Å². The first-order valence-corrected chi connectivity index (χ1v) is 7.06. The molecule has 0 fully saturated rings. The van der Waals surface area contributed by atoms with Crippen LogP contribution in [0.5, 0.6) is 5.75 Å². The van der Waals surface area contributed by atoms with E-state index < -0.39 is 6.10 Å². The molecule has 0 heterocycles. The molecule has 1 N–H and O–H groups in total. The van der Waals surface area contributed by atoms with E-state index >= 15 is 0 Å². The molecule has 0 aliphatic rings. The highest BCUT2D eigenvalue weighted by Crippen LogP contribution is 2.11. The van der Waals surface area contributed by atoms with Crippen molar-refractivity contribution in [3.05, 3.63) is 47.7 Å². The van der Waals surface area contributed by atoms with Gasteiger partial charge in [0, 0.05) is 0 Å². The zero-order valence-electron chi connectivity index (χ0n) is 12.3. The van der Waals surface area contributed by atoms with Crippen LogP contribution in [0.1, 0.15) is 31.7 Å². The number of hydrogen-bond donors (Lipinski definition) is 1. The third-order valence-corrected chi connectivity index (χ3v) is 2.82. The number of methoxy groups -OCH3 is 1. The van der Waals surface area contributed by atoms with Gasteiger partial charge < -0.3 is 14.6 Å². The number of hydrogen-bond acceptors (Lipinski definition) is 3. The Morgan fingerprint density at radius 3 is 2.70 bits per heavy atom. The van der Waals surface area contributed by atoms with Crippen LogP contribution in [-0.2, 0) is 11.3 Å². The van der Waals surface area contributed by atoms with Crippen LogP contribution in [0.2, 0.25) is 0 Å². The minimum Gasteiger partial charge on any atom is -0.497 e. The van der Waals surface area contributed by atoms with Crippen molar-refractivity contribution in [1.82, 2.24) is 0 Å². The van der Waals surface area contributed by atoms with Crippen molar-refractivity contribution in [2.75, 3.05) is 13.7 Å². The third kappa shape index (κ3) is 7.15. The molecule has 20 heavy (non-hydrogen) atoms. The summed E-state index contributed by atoms with van der Waals surface area (Å²) in [5.41, 5.74) is 4.04. The van der Waals surface area contributed by atoms with Crippen LogP contribution < -0.4 is 4.74 Å². The van der Waals surface area contributed by atoms with Crippen molar-refractivity contribution in [2.24, 2.45) is 0 Å². The summed E-state index contributed by atoms with van der Waals surface area (Å²) in [6.07, 6.45) is 6.33. The molecule has 3 nitrogen and oxygen atoms in total. The van der Waals surface area contributed by atoms with Gasteiger partial charge in [0.25, 0.3) is 0 Å². The van der Waals surface area contributed by atoms with Gasteiger partial charge in [0.1, 0.15) is 11.9 Å². The Labute approximate surface area is 121 Å². The summed E-state index contributed by atoms with van der Waals surface area (Å²) in [4.78, 5) is 0. The summed E-state index contributed by atoms with van der Waals surface area (Å²) >= 11 is 0. The second-order valence-electron chi connectivity index (χ2n) is 4.61. The maximum atomic E-state index is 9.68. The van der Waals surface area contributed by atoms with Crippen LogP contribution in [0.15, 0.2) is 42.1 Å². The molecule has 0 aromatic heterocycles. The van der Waals surface area contributed by atoms with Crippen molar-refractivity contribution < 1.29 is 14.6 Å². The van der Waals surface area contributed by atoms with Gasteiger partial charge in [-0.25, -0.2) is 0 Å². The fourth-order valence-corrected chi connectivity index (χ4v) is 1.64. The monoisotopic (exact) mass is 276 g/mol. The van der Waals surface area contributed by atoms with Crippen molar-refractivity contribution in [3.8, 4) is 5.75 Å². The molecule has 0 saturated heterocycles. The maximum absolute atomic E-state index is 9.68. The quantitative estimate of drug-likeness (QED) is 0.554. The number of aliphatic hydroxyl groups is 1. The zero-order chi connectivity index (χ0) is 14.6. The molecule has 0 amide bonds. The van der Waals surface area contributed by atoms with Gasteiger partial charge in [0.15, 0.2) is 0 Å². The van der Waals surface area contributed by atoms with Gasteiger partial charge in [-0.15, -0.1) is 5.73 Å². The predicted octanol–water partition coefficient (Wildman–Crippen LogP) is 3.47. The predicted molar refractivity (Wildman–Crippen MR) is 80.8 cm³/mol. The second kappa shape index (κ2) is 10.3. The summed E-state index contributed by atoms with van der Waals surface area (Å²) in [6, 6.07) is 7.69. The van der Waals surface area contributed by atoms with E-state index in [2.05, 4.69) is 12.7 Å². The first kappa shape index (κ1) is 16.5. The third-order valence-electron chi connectivity index (χ3n) is 2.82. The normalized spacial score (nSPS) is 11.6. The lowest BCUT2D eigenvalue weighted by atomic mass is 10.2. The van der Waals surface area contributed by atoms with Crippen LogP contribution in [0.4, 0.5) is 0 Å². The van der Waals surface area contributed by atoms with E-state index in [1.54, 1.807) is 13.2 Å². The van der Waals surface area contributed by atoms with E-state index in [1.807, 2.05) is 30.3 Å². The molecule has 1 aromatic rings.